The summed E-state index contributed by atoms with van der Waals surface area (Å²) in [4.78, 5) is 0. The Bertz CT molecular complexity index is 716. The summed E-state index contributed by atoms with van der Waals surface area (Å²) >= 11 is 0. The van der Waals surface area contributed by atoms with Crippen LogP contribution in [0.3, 0.4) is 0 Å². The molecule has 2 aromatic carbocycles. The largest absolute Gasteiger partial charge is 0.405 e. The first-order valence-electron chi connectivity index (χ1n) is 9.90. The Morgan fingerprint density at radius 3 is 1.93 bits per heavy atom. The number of ether oxygens (including phenoxy) is 2. The molecule has 1 aliphatic rings. The van der Waals surface area contributed by atoms with E-state index in [1.165, 1.54) is 10.4 Å². The van der Waals surface area contributed by atoms with E-state index in [-0.39, 0.29) is 17.7 Å². The molecule has 2 atom stereocenters. The molecule has 5 heteroatoms. The molecule has 0 aliphatic carbocycles. The normalized spacial score (nSPS) is 20.9. The topological polar surface area (TPSA) is 47.9 Å². The SMILES string of the molecule is CC1(C)OC[C@@H]([C@@H](O)CO[Si](c2ccccc2)(c2ccccc2)C(C)(C)C)O1. The van der Waals surface area contributed by atoms with E-state index >= 15 is 0 Å². The number of rotatable bonds is 6. The summed E-state index contributed by atoms with van der Waals surface area (Å²) in [6.45, 7) is 11.0. The predicted molar refractivity (Wildman–Crippen MR) is 114 cm³/mol. The van der Waals surface area contributed by atoms with Crippen LogP contribution in [0.15, 0.2) is 60.7 Å². The minimum atomic E-state index is -2.66. The lowest BCUT2D eigenvalue weighted by atomic mass is 10.2. The van der Waals surface area contributed by atoms with Crippen LogP contribution in [0.2, 0.25) is 5.04 Å². The van der Waals surface area contributed by atoms with Crippen molar-refractivity contribution in [3.8, 4) is 0 Å². The van der Waals surface area contributed by atoms with Crippen LogP contribution < -0.4 is 10.4 Å². The molecule has 0 saturated carbocycles. The van der Waals surface area contributed by atoms with Gasteiger partial charge in [0.2, 0.25) is 0 Å². The highest BCUT2D eigenvalue weighted by Crippen LogP contribution is 2.37. The molecule has 0 amide bonds. The highest BCUT2D eigenvalue weighted by atomic mass is 28.4. The van der Waals surface area contributed by atoms with E-state index in [4.69, 9.17) is 13.9 Å². The fraction of sp³-hybridized carbons (Fsp3) is 0.478. The van der Waals surface area contributed by atoms with E-state index in [1.807, 2.05) is 26.0 Å². The quantitative estimate of drug-likeness (QED) is 0.757. The van der Waals surface area contributed by atoms with Gasteiger partial charge in [-0.1, -0.05) is 81.4 Å². The Balaban J connectivity index is 1.95. The fourth-order valence-electron chi connectivity index (χ4n) is 3.98. The van der Waals surface area contributed by atoms with Gasteiger partial charge in [0.25, 0.3) is 8.32 Å². The van der Waals surface area contributed by atoms with Crippen molar-refractivity contribution in [2.75, 3.05) is 13.2 Å². The second-order valence-corrected chi connectivity index (χ2v) is 13.2. The van der Waals surface area contributed by atoms with Gasteiger partial charge >= 0.3 is 0 Å². The highest BCUT2D eigenvalue weighted by Gasteiger charge is 2.51. The summed E-state index contributed by atoms with van der Waals surface area (Å²) < 4.78 is 18.2. The predicted octanol–water partition coefficient (Wildman–Crippen LogP) is 3.08. The zero-order valence-corrected chi connectivity index (χ0v) is 18.5. The van der Waals surface area contributed by atoms with Gasteiger partial charge in [-0.15, -0.1) is 0 Å². The maximum absolute atomic E-state index is 10.8. The van der Waals surface area contributed by atoms with Gasteiger partial charge < -0.3 is 19.0 Å². The van der Waals surface area contributed by atoms with E-state index in [0.29, 0.717) is 6.61 Å². The average molecular weight is 401 g/mol. The molecule has 28 heavy (non-hydrogen) atoms. The molecule has 1 aliphatic heterocycles. The zero-order chi connectivity index (χ0) is 20.4. The van der Waals surface area contributed by atoms with Crippen molar-refractivity contribution in [3.63, 3.8) is 0 Å². The van der Waals surface area contributed by atoms with Gasteiger partial charge in [-0.05, 0) is 29.3 Å². The molecule has 0 aromatic heterocycles. The lowest BCUT2D eigenvalue weighted by Gasteiger charge is -2.43. The molecule has 152 valence electrons. The zero-order valence-electron chi connectivity index (χ0n) is 17.5. The van der Waals surface area contributed by atoms with E-state index in [0.717, 1.165) is 0 Å². The third-order valence-corrected chi connectivity index (χ3v) is 10.4. The summed E-state index contributed by atoms with van der Waals surface area (Å²) in [5, 5.41) is 13.1. The van der Waals surface area contributed by atoms with Crippen LogP contribution in [-0.2, 0) is 13.9 Å². The average Bonchev–Trinajstić information content (AvgIpc) is 3.03. The molecule has 1 saturated heterocycles. The van der Waals surface area contributed by atoms with Crippen molar-refractivity contribution in [1.82, 2.24) is 0 Å². The Hall–Kier alpha value is -1.50. The third kappa shape index (κ3) is 4.24. The van der Waals surface area contributed by atoms with E-state index in [9.17, 15) is 5.11 Å². The van der Waals surface area contributed by atoms with Crippen LogP contribution in [0.1, 0.15) is 34.6 Å². The van der Waals surface area contributed by atoms with Crippen molar-refractivity contribution in [1.29, 1.82) is 0 Å². The Morgan fingerprint density at radius 2 is 1.54 bits per heavy atom. The lowest BCUT2D eigenvalue weighted by molar-refractivity contribution is -0.153. The maximum atomic E-state index is 10.8. The van der Waals surface area contributed by atoms with Crippen LogP contribution in [0.5, 0.6) is 0 Å². The first-order chi connectivity index (χ1) is 13.2. The first-order valence-corrected chi connectivity index (χ1v) is 11.8. The van der Waals surface area contributed by atoms with Gasteiger partial charge in [-0.3, -0.25) is 0 Å². The third-order valence-electron chi connectivity index (χ3n) is 5.35. The van der Waals surface area contributed by atoms with Gasteiger partial charge in [0, 0.05) is 0 Å². The van der Waals surface area contributed by atoms with Crippen molar-refractivity contribution in [2.24, 2.45) is 0 Å². The van der Waals surface area contributed by atoms with Crippen LogP contribution >= 0.6 is 0 Å². The summed E-state index contributed by atoms with van der Waals surface area (Å²) in [6.07, 6.45) is -1.13. The molecule has 0 radical (unpaired) electrons. The van der Waals surface area contributed by atoms with Crippen LogP contribution in [0.25, 0.3) is 0 Å². The molecule has 1 fully saturated rings. The summed E-state index contributed by atoms with van der Waals surface area (Å²) in [7, 11) is -2.66. The summed E-state index contributed by atoms with van der Waals surface area (Å²) in [5.41, 5.74) is 0. The van der Waals surface area contributed by atoms with Crippen molar-refractivity contribution in [2.45, 2.75) is 57.7 Å². The standard InChI is InChI=1S/C23H32O4Si/c1-22(2,3)28(18-12-8-6-9-13-18,19-14-10-7-11-15-19)26-16-20(24)21-17-25-23(4,5)27-21/h6-15,20-21,24H,16-17H2,1-5H3/t20-,21-/m0/s1. The van der Waals surface area contributed by atoms with Gasteiger partial charge in [-0.25, -0.2) is 0 Å². The second kappa shape index (κ2) is 8.09. The molecule has 0 unspecified atom stereocenters. The Labute approximate surface area is 169 Å². The van der Waals surface area contributed by atoms with Crippen molar-refractivity contribution in [3.05, 3.63) is 60.7 Å². The lowest BCUT2D eigenvalue weighted by Crippen LogP contribution is -2.67. The molecular formula is C23H32O4Si. The number of aliphatic hydroxyl groups is 1. The van der Waals surface area contributed by atoms with E-state index < -0.39 is 20.2 Å². The molecule has 3 rings (SSSR count). The van der Waals surface area contributed by atoms with Crippen LogP contribution in [-0.4, -0.2) is 44.6 Å². The molecule has 0 spiro atoms. The molecular weight excluding hydrogens is 368 g/mol. The monoisotopic (exact) mass is 400 g/mol. The van der Waals surface area contributed by atoms with Crippen LogP contribution in [0.4, 0.5) is 0 Å². The van der Waals surface area contributed by atoms with Gasteiger partial charge in [0.05, 0.1) is 13.2 Å². The maximum Gasteiger partial charge on any atom is 0.261 e. The number of benzene rings is 2. The van der Waals surface area contributed by atoms with E-state index in [2.05, 4.69) is 69.3 Å². The van der Waals surface area contributed by atoms with Crippen LogP contribution in [0, 0.1) is 0 Å². The summed E-state index contributed by atoms with van der Waals surface area (Å²) in [6, 6.07) is 20.9. The number of hydrogen-bond acceptors (Lipinski definition) is 4. The van der Waals surface area contributed by atoms with Gasteiger partial charge in [0.15, 0.2) is 5.79 Å². The fourth-order valence-corrected chi connectivity index (χ4v) is 8.56. The minimum absolute atomic E-state index is 0.123. The van der Waals surface area contributed by atoms with Crippen molar-refractivity contribution >= 4 is 18.7 Å². The minimum Gasteiger partial charge on any atom is -0.405 e. The Morgan fingerprint density at radius 1 is 1.04 bits per heavy atom. The van der Waals surface area contributed by atoms with E-state index in [1.54, 1.807) is 0 Å². The molecule has 0 bridgehead atoms. The van der Waals surface area contributed by atoms with Gasteiger partial charge in [0.1, 0.15) is 12.2 Å². The molecule has 1 N–H and O–H groups in total. The number of hydrogen-bond donors (Lipinski definition) is 1. The number of aliphatic hydroxyl groups excluding tert-OH is 1. The van der Waals surface area contributed by atoms with Crippen molar-refractivity contribution < 1.29 is 19.0 Å². The highest BCUT2D eigenvalue weighted by molar-refractivity contribution is 6.99. The summed E-state index contributed by atoms with van der Waals surface area (Å²) in [5.74, 6) is -0.664. The molecule has 4 nitrogen and oxygen atoms in total. The molecule has 1 heterocycles. The second-order valence-electron chi connectivity index (χ2n) is 8.91. The first kappa shape index (κ1) is 21.2. The Kier molecular flexibility index (Phi) is 6.13. The molecule has 2 aromatic rings. The van der Waals surface area contributed by atoms with Gasteiger partial charge in [-0.2, -0.15) is 0 Å². The smallest absolute Gasteiger partial charge is 0.261 e.